The van der Waals surface area contributed by atoms with Crippen LogP contribution in [0.1, 0.15) is 37.9 Å². The summed E-state index contributed by atoms with van der Waals surface area (Å²) in [5, 5.41) is 8.43. The highest BCUT2D eigenvalue weighted by atomic mass is 35.5. The first-order chi connectivity index (χ1) is 8.72. The van der Waals surface area contributed by atoms with E-state index in [1.807, 2.05) is 11.7 Å². The quantitative estimate of drug-likeness (QED) is 0.829. The lowest BCUT2D eigenvalue weighted by Crippen LogP contribution is -2.34. The third-order valence-electron chi connectivity index (χ3n) is 3.56. The topological polar surface area (TPSA) is 39.1 Å². The van der Waals surface area contributed by atoms with Gasteiger partial charge in [0.15, 0.2) is 0 Å². The van der Waals surface area contributed by atoms with Crippen LogP contribution >= 0.6 is 11.6 Å². The Morgan fingerprint density at radius 2 is 2.33 bits per heavy atom. The second-order valence-electron chi connectivity index (χ2n) is 4.90. The molecule has 2 atom stereocenters. The van der Waals surface area contributed by atoms with Crippen LogP contribution < -0.4 is 5.32 Å². The molecule has 1 N–H and O–H groups in total. The molecule has 1 aliphatic carbocycles. The maximum Gasteiger partial charge on any atom is 0.0835 e. The maximum absolute atomic E-state index is 6.30. The highest BCUT2D eigenvalue weighted by Crippen LogP contribution is 2.40. The average Bonchev–Trinajstić information content (AvgIpc) is 3.14. The Kier molecular flexibility index (Phi) is 4.65. The number of hydrogen-bond donors (Lipinski definition) is 1. The van der Waals surface area contributed by atoms with Crippen molar-refractivity contribution in [3.63, 3.8) is 0 Å². The number of aromatic nitrogens is 2. The van der Waals surface area contributed by atoms with Gasteiger partial charge in [0.25, 0.3) is 0 Å². The van der Waals surface area contributed by atoms with E-state index in [1.165, 1.54) is 12.8 Å². The molecule has 2 rings (SSSR count). The first-order valence-electron chi connectivity index (χ1n) is 6.64. The molecule has 1 aliphatic rings. The molecule has 1 aromatic rings. The fourth-order valence-electron chi connectivity index (χ4n) is 2.55. The van der Waals surface area contributed by atoms with E-state index in [0.29, 0.717) is 5.92 Å². The van der Waals surface area contributed by atoms with E-state index in [-0.39, 0.29) is 12.1 Å². The monoisotopic (exact) mass is 271 g/mol. The summed E-state index contributed by atoms with van der Waals surface area (Å²) in [7, 11) is 3.74. The molecule has 0 amide bonds. The number of ether oxygens (including phenoxy) is 1. The summed E-state index contributed by atoms with van der Waals surface area (Å²) >= 11 is 6.30. The molecule has 2 unspecified atom stereocenters. The number of methoxy groups -OCH3 is 1. The molecule has 1 heterocycles. The molecule has 0 saturated heterocycles. The number of nitrogens with one attached hydrogen (secondary N) is 1. The van der Waals surface area contributed by atoms with Crippen molar-refractivity contribution in [3.8, 4) is 0 Å². The zero-order valence-electron chi connectivity index (χ0n) is 11.3. The van der Waals surface area contributed by atoms with E-state index in [0.717, 1.165) is 23.7 Å². The first kappa shape index (κ1) is 13.8. The molecule has 0 aliphatic heterocycles. The van der Waals surface area contributed by atoms with E-state index in [4.69, 9.17) is 16.3 Å². The van der Waals surface area contributed by atoms with E-state index in [2.05, 4.69) is 17.3 Å². The molecule has 102 valence electrons. The van der Waals surface area contributed by atoms with E-state index in [1.54, 1.807) is 13.3 Å². The molecule has 0 aromatic carbocycles. The van der Waals surface area contributed by atoms with Gasteiger partial charge in [-0.05, 0) is 32.2 Å². The second kappa shape index (κ2) is 6.04. The van der Waals surface area contributed by atoms with Gasteiger partial charge < -0.3 is 10.1 Å². The molecule has 1 aromatic heterocycles. The van der Waals surface area contributed by atoms with Gasteiger partial charge in [0.05, 0.1) is 29.1 Å². The van der Waals surface area contributed by atoms with Crippen LogP contribution in [0.15, 0.2) is 6.20 Å². The Hall–Kier alpha value is -0.580. The van der Waals surface area contributed by atoms with Gasteiger partial charge in [-0.2, -0.15) is 5.10 Å². The third-order valence-corrected chi connectivity index (χ3v) is 3.85. The van der Waals surface area contributed by atoms with Crippen LogP contribution in [-0.2, 0) is 11.3 Å². The van der Waals surface area contributed by atoms with Crippen molar-refractivity contribution in [3.05, 3.63) is 16.9 Å². The van der Waals surface area contributed by atoms with Gasteiger partial charge in [-0.25, -0.2) is 0 Å². The summed E-state index contributed by atoms with van der Waals surface area (Å²) in [5.74, 6) is 0.647. The molecular weight excluding hydrogens is 250 g/mol. The van der Waals surface area contributed by atoms with Crippen molar-refractivity contribution < 1.29 is 4.74 Å². The lowest BCUT2D eigenvalue weighted by molar-refractivity contribution is 0.0503. The Morgan fingerprint density at radius 1 is 1.61 bits per heavy atom. The third kappa shape index (κ3) is 2.71. The van der Waals surface area contributed by atoms with Gasteiger partial charge in [0.2, 0.25) is 0 Å². The van der Waals surface area contributed by atoms with Gasteiger partial charge >= 0.3 is 0 Å². The number of halogens is 1. The van der Waals surface area contributed by atoms with Crippen molar-refractivity contribution in [1.82, 2.24) is 15.1 Å². The summed E-state index contributed by atoms with van der Waals surface area (Å²) in [6.45, 7) is 3.03. The molecule has 0 bridgehead atoms. The molecule has 18 heavy (non-hydrogen) atoms. The first-order valence-corrected chi connectivity index (χ1v) is 7.02. The predicted octanol–water partition coefficient (Wildman–Crippen LogP) is 2.63. The largest absolute Gasteiger partial charge is 0.379 e. The summed E-state index contributed by atoms with van der Waals surface area (Å²) < 4.78 is 7.67. The van der Waals surface area contributed by atoms with Gasteiger partial charge in [0.1, 0.15) is 0 Å². The Balaban J connectivity index is 2.27. The molecule has 4 nitrogen and oxygen atoms in total. The van der Waals surface area contributed by atoms with Crippen LogP contribution in [0.25, 0.3) is 0 Å². The molecule has 5 heteroatoms. The maximum atomic E-state index is 6.30. The van der Waals surface area contributed by atoms with Crippen LogP contribution in [0.3, 0.4) is 0 Å². The predicted molar refractivity (Wildman–Crippen MR) is 72.8 cm³/mol. The zero-order chi connectivity index (χ0) is 13.1. The SMILES string of the molecule is CCCn1ncc(Cl)c1C(NC)C(OC)C1CC1. The van der Waals surface area contributed by atoms with E-state index < -0.39 is 0 Å². The second-order valence-corrected chi connectivity index (χ2v) is 5.31. The highest BCUT2D eigenvalue weighted by molar-refractivity contribution is 6.31. The molecular formula is C13H22ClN3O. The van der Waals surface area contributed by atoms with Gasteiger partial charge in [0, 0.05) is 13.7 Å². The number of nitrogens with zero attached hydrogens (tertiary/aromatic N) is 2. The van der Waals surface area contributed by atoms with Crippen LogP contribution in [-0.4, -0.2) is 30.0 Å². The van der Waals surface area contributed by atoms with Crippen LogP contribution in [0, 0.1) is 5.92 Å². The smallest absolute Gasteiger partial charge is 0.0835 e. The van der Waals surface area contributed by atoms with Crippen molar-refractivity contribution in [2.45, 2.75) is 44.9 Å². The zero-order valence-corrected chi connectivity index (χ0v) is 12.1. The standard InChI is InChI=1S/C13H22ClN3O/c1-4-7-17-12(10(14)8-16-17)11(15-2)13(18-3)9-5-6-9/h8-9,11,13,15H,4-7H2,1-3H3. The van der Waals surface area contributed by atoms with Gasteiger partial charge in [-0.15, -0.1) is 0 Å². The summed E-state index contributed by atoms with van der Waals surface area (Å²) in [6.07, 6.45) is 5.45. The number of likely N-dealkylation sites (N-methyl/N-ethyl adjacent to an activating group) is 1. The molecule has 1 saturated carbocycles. The average molecular weight is 272 g/mol. The number of hydrogen-bond acceptors (Lipinski definition) is 3. The Labute approximate surface area is 114 Å². The van der Waals surface area contributed by atoms with Crippen molar-refractivity contribution in [2.24, 2.45) is 5.92 Å². The van der Waals surface area contributed by atoms with Crippen LogP contribution in [0.5, 0.6) is 0 Å². The minimum absolute atomic E-state index is 0.115. The summed E-state index contributed by atoms with van der Waals surface area (Å²) in [6, 6.07) is 0.115. The normalized spacial score (nSPS) is 18.9. The molecule has 1 fully saturated rings. The highest BCUT2D eigenvalue weighted by Gasteiger charge is 2.39. The van der Waals surface area contributed by atoms with Gasteiger partial charge in [-0.3, -0.25) is 4.68 Å². The number of aryl methyl sites for hydroxylation is 1. The van der Waals surface area contributed by atoms with Crippen molar-refractivity contribution in [2.75, 3.05) is 14.2 Å². The minimum atomic E-state index is 0.115. The summed E-state index contributed by atoms with van der Waals surface area (Å²) in [5.41, 5.74) is 1.06. The van der Waals surface area contributed by atoms with E-state index >= 15 is 0 Å². The van der Waals surface area contributed by atoms with Crippen molar-refractivity contribution >= 4 is 11.6 Å². The minimum Gasteiger partial charge on any atom is -0.379 e. The Bertz CT molecular complexity index is 390. The fourth-order valence-corrected chi connectivity index (χ4v) is 2.81. The Morgan fingerprint density at radius 3 is 2.83 bits per heavy atom. The summed E-state index contributed by atoms with van der Waals surface area (Å²) in [4.78, 5) is 0. The lowest BCUT2D eigenvalue weighted by Gasteiger charge is -2.26. The van der Waals surface area contributed by atoms with E-state index in [9.17, 15) is 0 Å². The molecule has 0 radical (unpaired) electrons. The lowest BCUT2D eigenvalue weighted by atomic mass is 10.0. The van der Waals surface area contributed by atoms with Crippen molar-refractivity contribution in [1.29, 1.82) is 0 Å². The van der Waals surface area contributed by atoms with Gasteiger partial charge in [-0.1, -0.05) is 18.5 Å². The van der Waals surface area contributed by atoms with Crippen LogP contribution in [0.4, 0.5) is 0 Å². The number of rotatable bonds is 7. The molecule has 0 spiro atoms. The fraction of sp³-hybridized carbons (Fsp3) is 0.769. The van der Waals surface area contributed by atoms with Crippen LogP contribution in [0.2, 0.25) is 5.02 Å².